The first-order chi connectivity index (χ1) is 8.09. The van der Waals surface area contributed by atoms with Crippen LogP contribution in [0.25, 0.3) is 0 Å². The molecule has 0 saturated heterocycles. The standard InChI is InChI=1S/C13H21NO3/c1-10(2)14-12(15)9-17-13(16)11-7-5-3-4-6-8-11/h7,10H,3-6,8-9H2,1-2H3,(H,14,15). The Hall–Kier alpha value is -1.32. The number of esters is 1. The predicted molar refractivity (Wildman–Crippen MR) is 65.4 cm³/mol. The van der Waals surface area contributed by atoms with Gasteiger partial charge in [0.2, 0.25) is 0 Å². The topological polar surface area (TPSA) is 55.4 Å². The van der Waals surface area contributed by atoms with E-state index in [1.54, 1.807) is 0 Å². The largest absolute Gasteiger partial charge is 0.452 e. The molecule has 0 saturated carbocycles. The third kappa shape index (κ3) is 5.52. The quantitative estimate of drug-likeness (QED) is 0.763. The molecule has 0 radical (unpaired) electrons. The number of hydrogen-bond acceptors (Lipinski definition) is 3. The Kier molecular flexibility index (Phi) is 5.73. The van der Waals surface area contributed by atoms with E-state index in [1.165, 1.54) is 0 Å². The number of allylic oxidation sites excluding steroid dienone is 1. The van der Waals surface area contributed by atoms with Crippen molar-refractivity contribution in [2.45, 2.75) is 52.0 Å². The average Bonchev–Trinajstić information content (AvgIpc) is 2.53. The lowest BCUT2D eigenvalue weighted by Gasteiger charge is -2.09. The van der Waals surface area contributed by atoms with E-state index in [9.17, 15) is 9.59 Å². The molecular weight excluding hydrogens is 218 g/mol. The van der Waals surface area contributed by atoms with Gasteiger partial charge in [0, 0.05) is 11.6 Å². The number of carbonyl (C=O) groups excluding carboxylic acids is 2. The average molecular weight is 239 g/mol. The van der Waals surface area contributed by atoms with Gasteiger partial charge >= 0.3 is 5.97 Å². The van der Waals surface area contributed by atoms with Gasteiger partial charge in [0.15, 0.2) is 6.61 Å². The molecule has 0 aromatic rings. The molecule has 1 N–H and O–H groups in total. The fourth-order valence-electron chi connectivity index (χ4n) is 1.79. The van der Waals surface area contributed by atoms with Crippen LogP contribution in [0.1, 0.15) is 46.0 Å². The molecule has 0 heterocycles. The summed E-state index contributed by atoms with van der Waals surface area (Å²) in [5, 5.41) is 2.68. The zero-order valence-electron chi connectivity index (χ0n) is 10.6. The van der Waals surface area contributed by atoms with Crippen molar-refractivity contribution < 1.29 is 14.3 Å². The highest BCUT2D eigenvalue weighted by atomic mass is 16.5. The van der Waals surface area contributed by atoms with Crippen LogP contribution in [0.2, 0.25) is 0 Å². The molecule has 1 aliphatic carbocycles. The van der Waals surface area contributed by atoms with Gasteiger partial charge < -0.3 is 10.1 Å². The van der Waals surface area contributed by atoms with E-state index in [2.05, 4.69) is 5.32 Å². The summed E-state index contributed by atoms with van der Waals surface area (Å²) >= 11 is 0. The van der Waals surface area contributed by atoms with Crippen LogP contribution in [-0.2, 0) is 14.3 Å². The molecule has 0 spiro atoms. The van der Waals surface area contributed by atoms with Gasteiger partial charge in [-0.15, -0.1) is 0 Å². The van der Waals surface area contributed by atoms with Gasteiger partial charge in [-0.1, -0.05) is 12.5 Å². The van der Waals surface area contributed by atoms with Crippen LogP contribution in [0.4, 0.5) is 0 Å². The summed E-state index contributed by atoms with van der Waals surface area (Å²) in [6.45, 7) is 3.55. The summed E-state index contributed by atoms with van der Waals surface area (Å²) in [7, 11) is 0. The second-order valence-electron chi connectivity index (χ2n) is 4.63. The Morgan fingerprint density at radius 1 is 1.35 bits per heavy atom. The Labute approximate surface area is 102 Å². The minimum absolute atomic E-state index is 0.0679. The van der Waals surface area contributed by atoms with E-state index in [0.29, 0.717) is 0 Å². The molecule has 1 aliphatic rings. The zero-order chi connectivity index (χ0) is 12.7. The van der Waals surface area contributed by atoms with Gasteiger partial charge in [-0.2, -0.15) is 0 Å². The molecule has 0 unspecified atom stereocenters. The lowest BCUT2D eigenvalue weighted by atomic mass is 10.1. The van der Waals surface area contributed by atoms with Crippen molar-refractivity contribution in [3.8, 4) is 0 Å². The zero-order valence-corrected chi connectivity index (χ0v) is 10.6. The fraction of sp³-hybridized carbons (Fsp3) is 0.692. The molecule has 17 heavy (non-hydrogen) atoms. The van der Waals surface area contributed by atoms with Gasteiger partial charge in [-0.3, -0.25) is 4.79 Å². The third-order valence-electron chi connectivity index (χ3n) is 2.59. The Balaban J connectivity index is 2.33. The Morgan fingerprint density at radius 3 is 2.82 bits per heavy atom. The SMILES string of the molecule is CC(C)NC(=O)COC(=O)C1=CCCCCC1. The van der Waals surface area contributed by atoms with Gasteiger partial charge in [0.05, 0.1) is 0 Å². The van der Waals surface area contributed by atoms with Crippen LogP contribution in [0, 0.1) is 0 Å². The first kappa shape index (κ1) is 13.7. The Morgan fingerprint density at radius 2 is 2.12 bits per heavy atom. The highest BCUT2D eigenvalue weighted by Gasteiger charge is 2.14. The number of ether oxygens (including phenoxy) is 1. The number of nitrogens with one attached hydrogen (secondary N) is 1. The van der Waals surface area contributed by atoms with Crippen molar-refractivity contribution in [3.63, 3.8) is 0 Å². The molecule has 0 bridgehead atoms. The van der Waals surface area contributed by atoms with E-state index >= 15 is 0 Å². The van der Waals surface area contributed by atoms with Crippen molar-refractivity contribution in [1.82, 2.24) is 5.32 Å². The minimum atomic E-state index is -0.342. The molecule has 1 rings (SSSR count). The lowest BCUT2D eigenvalue weighted by Crippen LogP contribution is -2.34. The van der Waals surface area contributed by atoms with E-state index in [0.717, 1.165) is 37.7 Å². The second kappa shape index (κ2) is 7.09. The monoisotopic (exact) mass is 239 g/mol. The smallest absolute Gasteiger partial charge is 0.334 e. The summed E-state index contributed by atoms with van der Waals surface area (Å²) in [5.74, 6) is -0.589. The summed E-state index contributed by atoms with van der Waals surface area (Å²) in [4.78, 5) is 23.0. The molecule has 0 fully saturated rings. The first-order valence-corrected chi connectivity index (χ1v) is 6.25. The Bertz CT molecular complexity index is 308. The molecular formula is C13H21NO3. The van der Waals surface area contributed by atoms with Gasteiger partial charge in [0.25, 0.3) is 5.91 Å². The van der Waals surface area contributed by atoms with Crippen LogP contribution in [0.5, 0.6) is 0 Å². The number of carbonyl (C=O) groups is 2. The number of rotatable bonds is 4. The summed E-state index contributed by atoms with van der Waals surface area (Å²) in [5.41, 5.74) is 0.722. The van der Waals surface area contributed by atoms with Crippen molar-refractivity contribution in [2.24, 2.45) is 0 Å². The van der Waals surface area contributed by atoms with E-state index in [-0.39, 0.29) is 24.5 Å². The van der Waals surface area contributed by atoms with Crippen molar-refractivity contribution in [1.29, 1.82) is 0 Å². The molecule has 96 valence electrons. The normalized spacial score (nSPS) is 16.1. The van der Waals surface area contributed by atoms with E-state index in [4.69, 9.17) is 4.74 Å². The maximum absolute atomic E-state index is 11.7. The first-order valence-electron chi connectivity index (χ1n) is 6.25. The molecule has 4 nitrogen and oxygen atoms in total. The van der Waals surface area contributed by atoms with Gasteiger partial charge in [0.1, 0.15) is 0 Å². The minimum Gasteiger partial charge on any atom is -0.452 e. The van der Waals surface area contributed by atoms with Gasteiger partial charge in [-0.25, -0.2) is 4.79 Å². The van der Waals surface area contributed by atoms with Crippen LogP contribution in [0.15, 0.2) is 11.6 Å². The molecule has 0 aliphatic heterocycles. The molecule has 1 amide bonds. The van der Waals surface area contributed by atoms with Crippen LogP contribution in [-0.4, -0.2) is 24.5 Å². The summed E-state index contributed by atoms with van der Waals surface area (Å²) in [6.07, 6.45) is 6.95. The molecule has 0 aromatic heterocycles. The fourth-order valence-corrected chi connectivity index (χ4v) is 1.79. The highest BCUT2D eigenvalue weighted by molar-refractivity contribution is 5.90. The maximum Gasteiger partial charge on any atom is 0.334 e. The van der Waals surface area contributed by atoms with Crippen molar-refractivity contribution in [3.05, 3.63) is 11.6 Å². The maximum atomic E-state index is 11.7. The number of amides is 1. The highest BCUT2D eigenvalue weighted by Crippen LogP contribution is 2.17. The lowest BCUT2D eigenvalue weighted by molar-refractivity contribution is -0.145. The summed E-state index contributed by atoms with van der Waals surface area (Å²) in [6, 6.07) is 0.0679. The molecule has 4 heteroatoms. The second-order valence-corrected chi connectivity index (χ2v) is 4.63. The van der Waals surface area contributed by atoms with E-state index < -0.39 is 0 Å². The summed E-state index contributed by atoms with van der Waals surface area (Å²) < 4.78 is 4.98. The van der Waals surface area contributed by atoms with Crippen LogP contribution >= 0.6 is 0 Å². The number of hydrogen-bond donors (Lipinski definition) is 1. The van der Waals surface area contributed by atoms with Gasteiger partial charge in [-0.05, 0) is 39.5 Å². The predicted octanol–water partition coefficient (Wildman–Crippen LogP) is 1.94. The molecule has 0 atom stereocenters. The van der Waals surface area contributed by atoms with E-state index in [1.807, 2.05) is 19.9 Å². The third-order valence-corrected chi connectivity index (χ3v) is 2.59. The van der Waals surface area contributed by atoms with Crippen LogP contribution < -0.4 is 5.32 Å². The molecule has 0 aromatic carbocycles. The van der Waals surface area contributed by atoms with Crippen molar-refractivity contribution in [2.75, 3.05) is 6.61 Å². The van der Waals surface area contributed by atoms with Crippen molar-refractivity contribution >= 4 is 11.9 Å². The van der Waals surface area contributed by atoms with Crippen LogP contribution in [0.3, 0.4) is 0 Å².